The number of nitrogens with two attached hydrogens (primary N) is 1. The van der Waals surface area contributed by atoms with E-state index >= 15 is 0 Å². The van der Waals surface area contributed by atoms with Gasteiger partial charge in [0.15, 0.2) is 6.04 Å². The summed E-state index contributed by atoms with van der Waals surface area (Å²) in [4.78, 5) is 13.0. The SMILES string of the molecule is CCOc1ccccc1NC(=O)[C@H]([NH2+][C@@H](C)COC)c1ccccc1. The van der Waals surface area contributed by atoms with Crippen LogP contribution in [0.25, 0.3) is 0 Å². The lowest BCUT2D eigenvalue weighted by atomic mass is 10.0. The van der Waals surface area contributed by atoms with Crippen LogP contribution in [-0.2, 0) is 9.53 Å². The van der Waals surface area contributed by atoms with Crippen LogP contribution in [0.2, 0.25) is 0 Å². The number of hydrogen-bond acceptors (Lipinski definition) is 3. The van der Waals surface area contributed by atoms with E-state index in [1.165, 1.54) is 0 Å². The molecule has 0 fully saturated rings. The maximum Gasteiger partial charge on any atom is 0.287 e. The number of hydrogen-bond donors (Lipinski definition) is 2. The Balaban J connectivity index is 2.20. The Morgan fingerprint density at radius 3 is 2.48 bits per heavy atom. The third-order valence-corrected chi connectivity index (χ3v) is 3.84. The second-order valence-corrected chi connectivity index (χ2v) is 5.93. The van der Waals surface area contributed by atoms with Gasteiger partial charge in [-0.3, -0.25) is 4.79 Å². The van der Waals surface area contributed by atoms with Crippen molar-refractivity contribution < 1.29 is 19.6 Å². The third kappa shape index (κ3) is 5.59. The van der Waals surface area contributed by atoms with Crippen molar-refractivity contribution in [2.45, 2.75) is 25.9 Å². The maximum absolute atomic E-state index is 13.0. The molecule has 0 aromatic heterocycles. The minimum Gasteiger partial charge on any atom is -0.492 e. The molecule has 0 heterocycles. The molecule has 0 unspecified atom stereocenters. The Hall–Kier alpha value is -2.37. The summed E-state index contributed by atoms with van der Waals surface area (Å²) in [6.45, 7) is 5.09. The number of nitrogens with one attached hydrogen (secondary N) is 1. The van der Waals surface area contributed by atoms with E-state index in [0.29, 0.717) is 24.7 Å². The molecular weight excluding hydrogens is 316 g/mol. The van der Waals surface area contributed by atoms with Gasteiger partial charge >= 0.3 is 0 Å². The quantitative estimate of drug-likeness (QED) is 0.735. The average Bonchev–Trinajstić information content (AvgIpc) is 2.62. The van der Waals surface area contributed by atoms with Crippen molar-refractivity contribution in [2.24, 2.45) is 0 Å². The summed E-state index contributed by atoms with van der Waals surface area (Å²) >= 11 is 0. The van der Waals surface area contributed by atoms with Gasteiger partial charge in [-0.15, -0.1) is 0 Å². The van der Waals surface area contributed by atoms with Gasteiger partial charge < -0.3 is 20.1 Å². The lowest BCUT2D eigenvalue weighted by Crippen LogP contribution is -2.92. The molecule has 0 radical (unpaired) electrons. The Bertz CT molecular complexity index is 661. The molecule has 5 heteroatoms. The number of quaternary nitrogens is 1. The molecule has 2 aromatic carbocycles. The van der Waals surface area contributed by atoms with Crippen LogP contribution in [0, 0.1) is 0 Å². The van der Waals surface area contributed by atoms with Crippen LogP contribution in [0.4, 0.5) is 5.69 Å². The molecule has 2 atom stereocenters. The monoisotopic (exact) mass is 343 g/mol. The zero-order valence-corrected chi connectivity index (χ0v) is 15.1. The first-order valence-electron chi connectivity index (χ1n) is 8.57. The van der Waals surface area contributed by atoms with Crippen molar-refractivity contribution in [1.29, 1.82) is 0 Å². The van der Waals surface area contributed by atoms with Crippen LogP contribution >= 0.6 is 0 Å². The molecule has 25 heavy (non-hydrogen) atoms. The molecule has 0 aliphatic rings. The standard InChI is InChI=1S/C20H26N2O3/c1-4-25-18-13-9-8-12-17(18)22-20(23)19(21-15(2)14-24-3)16-10-6-5-7-11-16/h5-13,15,19,21H,4,14H2,1-3H3,(H,22,23)/p+1/t15-,19+/m0/s1. The second-order valence-electron chi connectivity index (χ2n) is 5.93. The van der Waals surface area contributed by atoms with E-state index in [4.69, 9.17) is 9.47 Å². The van der Waals surface area contributed by atoms with E-state index in [-0.39, 0.29) is 18.0 Å². The molecule has 5 nitrogen and oxygen atoms in total. The normalized spacial score (nSPS) is 13.1. The highest BCUT2D eigenvalue weighted by molar-refractivity contribution is 5.95. The predicted molar refractivity (Wildman–Crippen MR) is 98.7 cm³/mol. The lowest BCUT2D eigenvalue weighted by molar-refractivity contribution is -0.713. The van der Waals surface area contributed by atoms with Gasteiger partial charge in [-0.2, -0.15) is 0 Å². The summed E-state index contributed by atoms with van der Waals surface area (Å²) in [5, 5.41) is 5.03. The Kier molecular flexibility index (Phi) is 7.44. The van der Waals surface area contributed by atoms with Crippen molar-refractivity contribution in [1.82, 2.24) is 0 Å². The highest BCUT2D eigenvalue weighted by atomic mass is 16.5. The average molecular weight is 343 g/mol. The molecule has 3 N–H and O–H groups in total. The van der Waals surface area contributed by atoms with Crippen molar-refractivity contribution in [3.05, 3.63) is 60.2 Å². The highest BCUT2D eigenvalue weighted by Gasteiger charge is 2.27. The van der Waals surface area contributed by atoms with Crippen LogP contribution in [-0.4, -0.2) is 32.3 Å². The number of carbonyl (C=O) groups is 1. The fraction of sp³-hybridized carbons (Fsp3) is 0.350. The zero-order chi connectivity index (χ0) is 18.1. The van der Waals surface area contributed by atoms with E-state index < -0.39 is 0 Å². The van der Waals surface area contributed by atoms with E-state index in [1.54, 1.807) is 7.11 Å². The summed E-state index contributed by atoms with van der Waals surface area (Å²) in [5.41, 5.74) is 1.64. The largest absolute Gasteiger partial charge is 0.492 e. The Labute approximate surface area is 149 Å². The smallest absolute Gasteiger partial charge is 0.287 e. The first kappa shape index (κ1) is 19.0. The first-order valence-corrected chi connectivity index (χ1v) is 8.57. The molecule has 0 saturated heterocycles. The van der Waals surface area contributed by atoms with E-state index in [0.717, 1.165) is 5.56 Å². The number of amides is 1. The van der Waals surface area contributed by atoms with Crippen LogP contribution in [0.3, 0.4) is 0 Å². The first-order chi connectivity index (χ1) is 12.2. The van der Waals surface area contributed by atoms with Crippen molar-refractivity contribution in [2.75, 3.05) is 25.6 Å². The van der Waals surface area contributed by atoms with Crippen molar-refractivity contribution >= 4 is 11.6 Å². The van der Waals surface area contributed by atoms with Crippen LogP contribution in [0.5, 0.6) is 5.75 Å². The van der Waals surface area contributed by atoms with Crippen molar-refractivity contribution in [3.8, 4) is 5.75 Å². The molecule has 0 saturated carbocycles. The van der Waals surface area contributed by atoms with Gasteiger partial charge in [0.1, 0.15) is 11.8 Å². The minimum atomic E-state index is -0.360. The molecule has 2 rings (SSSR count). The third-order valence-electron chi connectivity index (χ3n) is 3.84. The molecule has 0 spiro atoms. The highest BCUT2D eigenvalue weighted by Crippen LogP contribution is 2.24. The molecular formula is C20H27N2O3+. The van der Waals surface area contributed by atoms with E-state index in [2.05, 4.69) is 5.32 Å². The van der Waals surface area contributed by atoms with Crippen LogP contribution in [0.1, 0.15) is 25.5 Å². The van der Waals surface area contributed by atoms with Gasteiger partial charge in [0.25, 0.3) is 5.91 Å². The Morgan fingerprint density at radius 2 is 1.80 bits per heavy atom. The molecule has 2 aromatic rings. The molecule has 134 valence electrons. The molecule has 0 aliphatic carbocycles. The molecule has 0 bridgehead atoms. The number of rotatable bonds is 9. The van der Waals surface area contributed by atoms with Crippen LogP contribution in [0.15, 0.2) is 54.6 Å². The topological polar surface area (TPSA) is 64.2 Å². The number of methoxy groups -OCH3 is 1. The summed E-state index contributed by atoms with van der Waals surface area (Å²) in [6.07, 6.45) is 0. The minimum absolute atomic E-state index is 0.0821. The number of anilines is 1. The predicted octanol–water partition coefficient (Wildman–Crippen LogP) is 2.36. The molecule has 1 amide bonds. The lowest BCUT2D eigenvalue weighted by Gasteiger charge is -2.20. The van der Waals surface area contributed by atoms with Gasteiger partial charge in [-0.25, -0.2) is 0 Å². The van der Waals surface area contributed by atoms with Gasteiger partial charge in [0.05, 0.1) is 18.9 Å². The fourth-order valence-corrected chi connectivity index (χ4v) is 2.72. The van der Waals surface area contributed by atoms with Crippen molar-refractivity contribution in [3.63, 3.8) is 0 Å². The number of carbonyl (C=O) groups excluding carboxylic acids is 1. The summed E-state index contributed by atoms with van der Waals surface area (Å²) in [5.74, 6) is 0.594. The van der Waals surface area contributed by atoms with Gasteiger partial charge in [-0.05, 0) is 26.0 Å². The maximum atomic E-state index is 13.0. The fourth-order valence-electron chi connectivity index (χ4n) is 2.72. The van der Waals surface area contributed by atoms with Crippen LogP contribution < -0.4 is 15.4 Å². The van der Waals surface area contributed by atoms with Gasteiger partial charge in [0, 0.05) is 12.7 Å². The number of ether oxygens (including phenoxy) is 2. The van der Waals surface area contributed by atoms with Gasteiger partial charge in [-0.1, -0.05) is 42.5 Å². The zero-order valence-electron chi connectivity index (χ0n) is 15.1. The Morgan fingerprint density at radius 1 is 1.12 bits per heavy atom. The number of benzene rings is 2. The summed E-state index contributed by atoms with van der Waals surface area (Å²) < 4.78 is 10.8. The van der Waals surface area contributed by atoms with E-state index in [1.807, 2.05) is 73.8 Å². The summed E-state index contributed by atoms with van der Waals surface area (Å²) in [7, 11) is 1.67. The summed E-state index contributed by atoms with van der Waals surface area (Å²) in [6, 6.07) is 17.0. The number of para-hydroxylation sites is 2. The van der Waals surface area contributed by atoms with E-state index in [9.17, 15) is 4.79 Å². The second kappa shape index (κ2) is 9.81. The van der Waals surface area contributed by atoms with Gasteiger partial charge in [0.2, 0.25) is 0 Å². The molecule has 0 aliphatic heterocycles.